The van der Waals surface area contributed by atoms with E-state index in [2.05, 4.69) is 35.4 Å². The highest BCUT2D eigenvalue weighted by Gasteiger charge is 2.31. The van der Waals surface area contributed by atoms with Crippen LogP contribution in [0.3, 0.4) is 0 Å². The molecular formula is C17H25N3. The summed E-state index contributed by atoms with van der Waals surface area (Å²) in [5, 5.41) is 3.32. The predicted octanol–water partition coefficient (Wildman–Crippen LogP) is 3.48. The molecule has 0 aromatic heterocycles. The molecule has 2 aliphatic carbocycles. The highest BCUT2D eigenvalue weighted by Crippen LogP contribution is 2.40. The Bertz CT molecular complexity index is 515. The third-order valence-corrected chi connectivity index (χ3v) is 4.85. The minimum Gasteiger partial charge on any atom is -0.370 e. The molecule has 3 nitrogen and oxygen atoms in total. The van der Waals surface area contributed by atoms with Crippen molar-refractivity contribution in [2.75, 3.05) is 11.9 Å². The summed E-state index contributed by atoms with van der Waals surface area (Å²) < 4.78 is 0. The van der Waals surface area contributed by atoms with E-state index in [0.717, 1.165) is 18.7 Å². The number of hydrogen-bond acceptors (Lipinski definition) is 1. The molecular weight excluding hydrogens is 246 g/mol. The summed E-state index contributed by atoms with van der Waals surface area (Å²) in [6, 6.07) is 6.48. The number of fused-ring (bicyclic) bond motifs is 1. The van der Waals surface area contributed by atoms with E-state index in [4.69, 9.17) is 5.73 Å². The average Bonchev–Trinajstić information content (AvgIpc) is 2.43. The number of nitrogens with zero attached hydrogens (tertiary/aromatic N) is 1. The van der Waals surface area contributed by atoms with Crippen LogP contribution in [0.5, 0.6) is 0 Å². The van der Waals surface area contributed by atoms with Gasteiger partial charge in [-0.25, -0.2) is 0 Å². The van der Waals surface area contributed by atoms with E-state index in [-0.39, 0.29) is 0 Å². The quantitative estimate of drug-likeness (QED) is 0.653. The summed E-state index contributed by atoms with van der Waals surface area (Å²) >= 11 is 0. The van der Waals surface area contributed by atoms with Crippen LogP contribution in [-0.2, 0) is 12.8 Å². The number of aliphatic imine (C=N–C) groups is 1. The smallest absolute Gasteiger partial charge is 0.193 e. The van der Waals surface area contributed by atoms with Crippen molar-refractivity contribution in [2.45, 2.75) is 51.9 Å². The molecule has 1 aromatic carbocycles. The first-order valence-electron chi connectivity index (χ1n) is 7.84. The fourth-order valence-electron chi connectivity index (χ4n) is 3.29. The number of nitrogens with one attached hydrogen (secondary N) is 1. The molecule has 1 saturated carbocycles. The monoisotopic (exact) mass is 271 g/mol. The molecule has 0 heterocycles. The number of guanidine groups is 1. The second-order valence-electron chi connectivity index (χ2n) is 6.64. The number of benzene rings is 1. The molecule has 1 fully saturated rings. The van der Waals surface area contributed by atoms with E-state index in [1.54, 1.807) is 0 Å². The van der Waals surface area contributed by atoms with Gasteiger partial charge in [-0.05, 0) is 61.1 Å². The van der Waals surface area contributed by atoms with Gasteiger partial charge in [0, 0.05) is 12.2 Å². The maximum Gasteiger partial charge on any atom is 0.193 e. The minimum absolute atomic E-state index is 0.391. The topological polar surface area (TPSA) is 50.4 Å². The predicted molar refractivity (Wildman–Crippen MR) is 85.2 cm³/mol. The normalized spacial score (nSPS) is 20.9. The maximum absolute atomic E-state index is 6.06. The van der Waals surface area contributed by atoms with Crippen molar-refractivity contribution in [1.29, 1.82) is 0 Å². The number of rotatable bonds is 3. The third-order valence-electron chi connectivity index (χ3n) is 4.85. The molecule has 0 radical (unpaired) electrons. The molecule has 20 heavy (non-hydrogen) atoms. The molecule has 0 amide bonds. The van der Waals surface area contributed by atoms with Crippen LogP contribution in [0, 0.1) is 5.41 Å². The number of anilines is 1. The van der Waals surface area contributed by atoms with E-state index >= 15 is 0 Å². The van der Waals surface area contributed by atoms with E-state index in [0.29, 0.717) is 11.4 Å². The second-order valence-corrected chi connectivity index (χ2v) is 6.64. The first-order valence-corrected chi connectivity index (χ1v) is 7.84. The van der Waals surface area contributed by atoms with Gasteiger partial charge in [-0.1, -0.05) is 25.5 Å². The van der Waals surface area contributed by atoms with Gasteiger partial charge < -0.3 is 11.1 Å². The molecule has 108 valence electrons. The van der Waals surface area contributed by atoms with Crippen LogP contribution in [0.4, 0.5) is 5.69 Å². The average molecular weight is 271 g/mol. The van der Waals surface area contributed by atoms with Crippen LogP contribution in [0.25, 0.3) is 0 Å². The zero-order chi connectivity index (χ0) is 14.0. The first-order chi connectivity index (χ1) is 9.66. The van der Waals surface area contributed by atoms with Gasteiger partial charge in [-0.3, -0.25) is 4.99 Å². The van der Waals surface area contributed by atoms with Crippen LogP contribution in [0.2, 0.25) is 0 Å². The first kappa shape index (κ1) is 13.5. The Kier molecular flexibility index (Phi) is 3.68. The van der Waals surface area contributed by atoms with Gasteiger partial charge >= 0.3 is 0 Å². The Hall–Kier alpha value is -1.51. The number of aryl methyl sites for hydroxylation is 1. The van der Waals surface area contributed by atoms with Crippen LogP contribution < -0.4 is 11.1 Å². The Morgan fingerprint density at radius 3 is 2.80 bits per heavy atom. The molecule has 2 aliphatic rings. The molecule has 0 spiro atoms. The van der Waals surface area contributed by atoms with E-state index < -0.39 is 0 Å². The van der Waals surface area contributed by atoms with Crippen LogP contribution in [0.15, 0.2) is 23.2 Å². The Balaban J connectivity index is 1.69. The van der Waals surface area contributed by atoms with Gasteiger partial charge in [0.25, 0.3) is 0 Å². The highest BCUT2D eigenvalue weighted by atomic mass is 15.1. The van der Waals surface area contributed by atoms with Crippen molar-refractivity contribution < 1.29 is 0 Å². The van der Waals surface area contributed by atoms with Gasteiger partial charge in [-0.15, -0.1) is 0 Å². The molecule has 1 aromatic rings. The lowest BCUT2D eigenvalue weighted by atomic mass is 9.71. The fourth-order valence-corrected chi connectivity index (χ4v) is 3.29. The Morgan fingerprint density at radius 2 is 2.05 bits per heavy atom. The van der Waals surface area contributed by atoms with Crippen molar-refractivity contribution in [3.63, 3.8) is 0 Å². The molecule has 0 unspecified atom stereocenters. The number of hydrogen-bond donors (Lipinski definition) is 2. The van der Waals surface area contributed by atoms with Crippen molar-refractivity contribution >= 4 is 11.6 Å². The summed E-state index contributed by atoms with van der Waals surface area (Å²) in [5.74, 6) is 0.567. The van der Waals surface area contributed by atoms with Crippen molar-refractivity contribution in [3.05, 3.63) is 29.3 Å². The lowest BCUT2D eigenvalue weighted by molar-refractivity contribution is 0.174. The van der Waals surface area contributed by atoms with Gasteiger partial charge in [0.15, 0.2) is 5.96 Å². The summed E-state index contributed by atoms with van der Waals surface area (Å²) in [5.41, 5.74) is 10.5. The van der Waals surface area contributed by atoms with Gasteiger partial charge in [-0.2, -0.15) is 0 Å². The molecule has 0 saturated heterocycles. The maximum atomic E-state index is 6.06. The van der Waals surface area contributed by atoms with Crippen LogP contribution in [0.1, 0.15) is 50.2 Å². The summed E-state index contributed by atoms with van der Waals surface area (Å²) in [4.78, 5) is 4.55. The molecule has 3 heteroatoms. The van der Waals surface area contributed by atoms with Crippen LogP contribution >= 0.6 is 0 Å². The van der Waals surface area contributed by atoms with Crippen molar-refractivity contribution in [3.8, 4) is 0 Å². The Labute approximate surface area is 121 Å². The van der Waals surface area contributed by atoms with Gasteiger partial charge in [0.1, 0.15) is 0 Å². The third kappa shape index (κ3) is 2.82. The molecule has 0 aliphatic heterocycles. The summed E-state index contributed by atoms with van der Waals surface area (Å²) in [6.07, 6.45) is 8.84. The standard InChI is InChI=1S/C17H25N3/c1-17(10-5-11-17)12-19-16(18)20-15-9-4-7-13-6-2-3-8-14(13)15/h4,7,9H,2-3,5-6,8,10-12H2,1H3,(H3,18,19,20). The van der Waals surface area contributed by atoms with Crippen molar-refractivity contribution in [2.24, 2.45) is 16.1 Å². The lowest BCUT2D eigenvalue weighted by Crippen LogP contribution is -2.31. The highest BCUT2D eigenvalue weighted by molar-refractivity contribution is 5.93. The zero-order valence-electron chi connectivity index (χ0n) is 12.4. The molecule has 0 bridgehead atoms. The second kappa shape index (κ2) is 5.47. The van der Waals surface area contributed by atoms with E-state index in [1.807, 2.05) is 0 Å². The van der Waals surface area contributed by atoms with E-state index in [9.17, 15) is 0 Å². The SMILES string of the molecule is CC1(CN=C(N)Nc2cccc3c2CCCC3)CCC1. The molecule has 0 atom stereocenters. The number of nitrogens with two attached hydrogens (primary N) is 1. The summed E-state index contributed by atoms with van der Waals surface area (Å²) in [7, 11) is 0. The molecule has 3 N–H and O–H groups in total. The van der Waals surface area contributed by atoms with Crippen molar-refractivity contribution in [1.82, 2.24) is 0 Å². The zero-order valence-corrected chi connectivity index (χ0v) is 12.4. The lowest BCUT2D eigenvalue weighted by Gasteiger charge is -2.36. The fraction of sp³-hybridized carbons (Fsp3) is 0.588. The Morgan fingerprint density at radius 1 is 1.25 bits per heavy atom. The largest absolute Gasteiger partial charge is 0.370 e. The van der Waals surface area contributed by atoms with Gasteiger partial charge in [0.05, 0.1) is 0 Å². The van der Waals surface area contributed by atoms with Gasteiger partial charge in [0.2, 0.25) is 0 Å². The molecule has 3 rings (SSSR count). The minimum atomic E-state index is 0.391. The van der Waals surface area contributed by atoms with E-state index in [1.165, 1.54) is 49.7 Å². The summed E-state index contributed by atoms with van der Waals surface area (Å²) in [6.45, 7) is 3.15. The van der Waals surface area contributed by atoms with Crippen LogP contribution in [-0.4, -0.2) is 12.5 Å².